The molecule has 0 saturated heterocycles. The van der Waals surface area contributed by atoms with Crippen molar-refractivity contribution in [1.29, 1.82) is 0 Å². The van der Waals surface area contributed by atoms with Gasteiger partial charge in [-0.3, -0.25) is 0 Å². The second-order valence-corrected chi connectivity index (χ2v) is 5.94. The van der Waals surface area contributed by atoms with Gasteiger partial charge in [0.2, 0.25) is 0 Å². The molecule has 1 aromatic rings. The fourth-order valence-corrected chi connectivity index (χ4v) is 3.51. The Hall–Kier alpha value is -1.02. The summed E-state index contributed by atoms with van der Waals surface area (Å²) in [5, 5.41) is 9.99. The van der Waals surface area contributed by atoms with Crippen molar-refractivity contribution < 1.29 is 5.11 Å². The summed E-state index contributed by atoms with van der Waals surface area (Å²) >= 11 is 0. The quantitative estimate of drug-likeness (QED) is 0.866. The number of aliphatic hydroxyl groups is 1. The van der Waals surface area contributed by atoms with Crippen LogP contribution in [0.5, 0.6) is 0 Å². The Bertz CT molecular complexity index is 429. The molecule has 2 atom stereocenters. The molecule has 1 aliphatic carbocycles. The average Bonchev–Trinajstić information content (AvgIpc) is 2.75. The van der Waals surface area contributed by atoms with E-state index in [-0.39, 0.29) is 6.10 Å². The number of hydrogen-bond acceptors (Lipinski definition) is 2. The predicted octanol–water partition coefficient (Wildman–Crippen LogP) is 2.91. The molecule has 0 radical (unpaired) electrons. The van der Waals surface area contributed by atoms with Crippen LogP contribution >= 0.6 is 0 Å². The first-order valence-electron chi connectivity index (χ1n) is 7.26. The Kier molecular flexibility index (Phi) is 3.29. The number of nitrogens with zero attached hydrogens (tertiary/aromatic N) is 1. The Morgan fingerprint density at radius 2 is 2.17 bits per heavy atom. The third kappa shape index (κ3) is 2.26. The standard InChI is InChI=1S/C16H23NO/c1-12-7-8-15-13(10-12)5-3-9-17(15)11-14-4-2-6-16(14)18/h7-8,10,14,16,18H,2-6,9,11H2,1H3. The average molecular weight is 245 g/mol. The molecule has 1 fully saturated rings. The van der Waals surface area contributed by atoms with Gasteiger partial charge in [0.15, 0.2) is 0 Å². The van der Waals surface area contributed by atoms with Crippen LogP contribution in [0.1, 0.15) is 36.8 Å². The maximum Gasteiger partial charge on any atom is 0.0585 e. The van der Waals surface area contributed by atoms with Gasteiger partial charge in [0, 0.05) is 24.7 Å². The second kappa shape index (κ2) is 4.93. The number of fused-ring (bicyclic) bond motifs is 1. The highest BCUT2D eigenvalue weighted by Gasteiger charge is 2.28. The summed E-state index contributed by atoms with van der Waals surface area (Å²) in [5.74, 6) is 0.484. The number of aliphatic hydroxyl groups excluding tert-OH is 1. The van der Waals surface area contributed by atoms with Gasteiger partial charge in [0.1, 0.15) is 0 Å². The van der Waals surface area contributed by atoms with Crippen LogP contribution in [0.2, 0.25) is 0 Å². The first-order chi connectivity index (χ1) is 8.74. The predicted molar refractivity (Wildman–Crippen MR) is 75.1 cm³/mol. The normalized spacial score (nSPS) is 27.3. The minimum Gasteiger partial charge on any atom is -0.393 e. The van der Waals surface area contributed by atoms with E-state index in [0.717, 1.165) is 19.5 Å². The molecule has 1 N–H and O–H groups in total. The van der Waals surface area contributed by atoms with E-state index in [2.05, 4.69) is 30.0 Å². The third-order valence-corrected chi connectivity index (χ3v) is 4.52. The first kappa shape index (κ1) is 12.0. The fourth-order valence-electron chi connectivity index (χ4n) is 3.51. The van der Waals surface area contributed by atoms with Crippen molar-refractivity contribution in [3.63, 3.8) is 0 Å². The van der Waals surface area contributed by atoms with Gasteiger partial charge in [-0.25, -0.2) is 0 Å². The molecule has 2 nitrogen and oxygen atoms in total. The van der Waals surface area contributed by atoms with Gasteiger partial charge in [0.25, 0.3) is 0 Å². The van der Waals surface area contributed by atoms with Crippen LogP contribution in [0.3, 0.4) is 0 Å². The molecule has 0 amide bonds. The summed E-state index contributed by atoms with van der Waals surface area (Å²) in [7, 11) is 0. The minimum atomic E-state index is -0.0687. The van der Waals surface area contributed by atoms with E-state index in [4.69, 9.17) is 0 Å². The number of benzene rings is 1. The molecular weight excluding hydrogens is 222 g/mol. The van der Waals surface area contributed by atoms with Gasteiger partial charge >= 0.3 is 0 Å². The van der Waals surface area contributed by atoms with E-state index in [9.17, 15) is 5.11 Å². The third-order valence-electron chi connectivity index (χ3n) is 4.52. The highest BCUT2D eigenvalue weighted by Crippen LogP contribution is 2.32. The smallest absolute Gasteiger partial charge is 0.0585 e. The van der Waals surface area contributed by atoms with E-state index in [1.165, 1.54) is 42.5 Å². The van der Waals surface area contributed by atoms with Crippen molar-refractivity contribution in [3.8, 4) is 0 Å². The van der Waals surface area contributed by atoms with E-state index in [1.807, 2.05) is 0 Å². The van der Waals surface area contributed by atoms with E-state index >= 15 is 0 Å². The van der Waals surface area contributed by atoms with Crippen molar-refractivity contribution in [2.75, 3.05) is 18.0 Å². The molecule has 2 unspecified atom stereocenters. The second-order valence-electron chi connectivity index (χ2n) is 5.94. The highest BCUT2D eigenvalue weighted by molar-refractivity contribution is 5.56. The molecule has 2 aliphatic rings. The van der Waals surface area contributed by atoms with Gasteiger partial charge < -0.3 is 10.0 Å². The Morgan fingerprint density at radius 3 is 2.94 bits per heavy atom. The van der Waals surface area contributed by atoms with Crippen molar-refractivity contribution in [3.05, 3.63) is 29.3 Å². The monoisotopic (exact) mass is 245 g/mol. The molecule has 98 valence electrons. The van der Waals surface area contributed by atoms with Crippen LogP contribution < -0.4 is 4.90 Å². The lowest BCUT2D eigenvalue weighted by atomic mass is 9.97. The van der Waals surface area contributed by atoms with E-state index in [0.29, 0.717) is 5.92 Å². The zero-order valence-electron chi connectivity index (χ0n) is 11.2. The summed E-state index contributed by atoms with van der Waals surface area (Å²) in [6, 6.07) is 6.81. The van der Waals surface area contributed by atoms with E-state index in [1.54, 1.807) is 0 Å². The maximum absolute atomic E-state index is 9.99. The van der Waals surface area contributed by atoms with Crippen LogP contribution in [0, 0.1) is 12.8 Å². The fraction of sp³-hybridized carbons (Fsp3) is 0.625. The van der Waals surface area contributed by atoms with Gasteiger partial charge in [-0.2, -0.15) is 0 Å². The Morgan fingerprint density at radius 1 is 1.28 bits per heavy atom. The lowest BCUT2D eigenvalue weighted by molar-refractivity contribution is 0.135. The molecule has 2 heteroatoms. The lowest BCUT2D eigenvalue weighted by Gasteiger charge is -2.34. The largest absolute Gasteiger partial charge is 0.393 e. The zero-order chi connectivity index (χ0) is 12.5. The van der Waals surface area contributed by atoms with Crippen LogP contribution in [0.4, 0.5) is 5.69 Å². The number of rotatable bonds is 2. The van der Waals surface area contributed by atoms with Gasteiger partial charge in [-0.1, -0.05) is 24.1 Å². The van der Waals surface area contributed by atoms with Gasteiger partial charge in [-0.05, 0) is 44.2 Å². The molecule has 0 aromatic heterocycles. The highest BCUT2D eigenvalue weighted by atomic mass is 16.3. The number of anilines is 1. The zero-order valence-corrected chi connectivity index (χ0v) is 11.2. The molecule has 1 saturated carbocycles. The maximum atomic E-state index is 9.99. The molecule has 0 spiro atoms. The minimum absolute atomic E-state index is 0.0687. The molecule has 18 heavy (non-hydrogen) atoms. The van der Waals surface area contributed by atoms with Gasteiger partial charge in [-0.15, -0.1) is 0 Å². The molecular formula is C16H23NO. The Balaban J connectivity index is 1.78. The SMILES string of the molecule is Cc1ccc2c(c1)CCCN2CC1CCCC1O. The Labute approximate surface area is 110 Å². The molecule has 3 rings (SSSR count). The summed E-state index contributed by atoms with van der Waals surface area (Å²) in [6.45, 7) is 4.36. The van der Waals surface area contributed by atoms with Crippen LogP contribution in [-0.4, -0.2) is 24.3 Å². The van der Waals surface area contributed by atoms with Gasteiger partial charge in [0.05, 0.1) is 6.10 Å². The first-order valence-corrected chi connectivity index (χ1v) is 7.26. The van der Waals surface area contributed by atoms with Crippen molar-refractivity contribution in [1.82, 2.24) is 0 Å². The summed E-state index contributed by atoms with van der Waals surface area (Å²) < 4.78 is 0. The van der Waals surface area contributed by atoms with E-state index < -0.39 is 0 Å². The topological polar surface area (TPSA) is 23.5 Å². The molecule has 1 heterocycles. The summed E-state index contributed by atoms with van der Waals surface area (Å²) in [4.78, 5) is 2.50. The van der Waals surface area contributed by atoms with Crippen LogP contribution in [-0.2, 0) is 6.42 Å². The number of hydrogen-bond donors (Lipinski definition) is 1. The van der Waals surface area contributed by atoms with Crippen molar-refractivity contribution >= 4 is 5.69 Å². The molecule has 0 bridgehead atoms. The van der Waals surface area contributed by atoms with Crippen molar-refractivity contribution in [2.24, 2.45) is 5.92 Å². The summed E-state index contributed by atoms with van der Waals surface area (Å²) in [5.41, 5.74) is 4.26. The molecule has 1 aromatic carbocycles. The molecule has 1 aliphatic heterocycles. The lowest BCUT2D eigenvalue weighted by Crippen LogP contribution is -2.36. The van der Waals surface area contributed by atoms with Crippen LogP contribution in [0.25, 0.3) is 0 Å². The summed E-state index contributed by atoms with van der Waals surface area (Å²) in [6.07, 6.45) is 5.78. The van der Waals surface area contributed by atoms with Crippen LogP contribution in [0.15, 0.2) is 18.2 Å². The van der Waals surface area contributed by atoms with Crippen molar-refractivity contribution in [2.45, 2.75) is 45.1 Å². The number of aryl methyl sites for hydroxylation is 2.